The maximum atomic E-state index is 12.3. The Labute approximate surface area is 202 Å². The predicted octanol–water partition coefficient (Wildman–Crippen LogP) is 4.45. The van der Waals surface area contributed by atoms with Gasteiger partial charge in [-0.3, -0.25) is 25.2 Å². The van der Waals surface area contributed by atoms with E-state index in [0.29, 0.717) is 22.6 Å². The van der Waals surface area contributed by atoms with Crippen LogP contribution < -0.4 is 20.9 Å². The summed E-state index contributed by atoms with van der Waals surface area (Å²) in [6.45, 7) is -0.255. The van der Waals surface area contributed by atoms with Gasteiger partial charge in [-0.1, -0.05) is 60.7 Å². The van der Waals surface area contributed by atoms with Crippen LogP contribution >= 0.6 is 0 Å². The largest absolute Gasteiger partial charge is 0.484 e. The van der Waals surface area contributed by atoms with Gasteiger partial charge >= 0.3 is 0 Å². The van der Waals surface area contributed by atoms with Gasteiger partial charge in [0.2, 0.25) is 0 Å². The standard InChI is InChI=1S/C28H23N3O4/c32-26(19-35-25-17-13-21(14-18-25)20-7-3-1-4-8-20)30-31-28(34)23-11-15-24(16-12-23)29-27(33)22-9-5-2-6-10-22/h1-18H,19H2,(H,29,33)(H,30,32)(H,31,34). The highest BCUT2D eigenvalue weighted by Gasteiger charge is 2.10. The zero-order valence-electron chi connectivity index (χ0n) is 18.7. The molecule has 0 radical (unpaired) electrons. The van der Waals surface area contributed by atoms with Crippen molar-refractivity contribution >= 4 is 23.4 Å². The Morgan fingerprint density at radius 1 is 0.571 bits per heavy atom. The van der Waals surface area contributed by atoms with Crippen molar-refractivity contribution in [2.24, 2.45) is 0 Å². The van der Waals surface area contributed by atoms with Crippen molar-refractivity contribution in [1.29, 1.82) is 0 Å². The van der Waals surface area contributed by atoms with Crippen LogP contribution in [0.2, 0.25) is 0 Å². The highest BCUT2D eigenvalue weighted by Crippen LogP contribution is 2.22. The summed E-state index contributed by atoms with van der Waals surface area (Å²) in [7, 11) is 0. The molecule has 3 N–H and O–H groups in total. The molecule has 0 aliphatic carbocycles. The first kappa shape index (κ1) is 23.3. The van der Waals surface area contributed by atoms with Crippen LogP contribution in [0.4, 0.5) is 5.69 Å². The van der Waals surface area contributed by atoms with E-state index in [2.05, 4.69) is 16.2 Å². The van der Waals surface area contributed by atoms with E-state index in [-0.39, 0.29) is 12.5 Å². The third-order valence-electron chi connectivity index (χ3n) is 5.09. The molecule has 4 rings (SSSR count). The van der Waals surface area contributed by atoms with Crippen LogP contribution in [0.25, 0.3) is 11.1 Å². The maximum absolute atomic E-state index is 12.3. The Bertz CT molecular complexity index is 1290. The zero-order valence-corrected chi connectivity index (χ0v) is 18.7. The van der Waals surface area contributed by atoms with Crippen molar-refractivity contribution in [2.75, 3.05) is 11.9 Å². The molecule has 0 saturated heterocycles. The summed E-state index contributed by atoms with van der Waals surface area (Å²) >= 11 is 0. The molecule has 0 saturated carbocycles. The lowest BCUT2D eigenvalue weighted by molar-refractivity contribution is -0.123. The SMILES string of the molecule is O=C(COc1ccc(-c2ccccc2)cc1)NNC(=O)c1ccc(NC(=O)c2ccccc2)cc1. The molecule has 7 heteroatoms. The fraction of sp³-hybridized carbons (Fsp3) is 0.0357. The quantitative estimate of drug-likeness (QED) is 0.352. The average molecular weight is 466 g/mol. The molecule has 7 nitrogen and oxygen atoms in total. The summed E-state index contributed by atoms with van der Waals surface area (Å²) in [5, 5.41) is 2.76. The lowest BCUT2D eigenvalue weighted by Gasteiger charge is -2.10. The molecule has 3 amide bonds. The third-order valence-corrected chi connectivity index (χ3v) is 5.09. The van der Waals surface area contributed by atoms with Gasteiger partial charge in [0.25, 0.3) is 17.7 Å². The van der Waals surface area contributed by atoms with Crippen LogP contribution in [0.15, 0.2) is 109 Å². The Morgan fingerprint density at radius 2 is 1.14 bits per heavy atom. The maximum Gasteiger partial charge on any atom is 0.276 e. The molecule has 4 aromatic rings. The Hall–Kier alpha value is -4.91. The molecular formula is C28H23N3O4. The normalized spacial score (nSPS) is 10.2. The van der Waals surface area contributed by atoms with Crippen LogP contribution in [0.1, 0.15) is 20.7 Å². The van der Waals surface area contributed by atoms with Crippen molar-refractivity contribution in [3.05, 3.63) is 120 Å². The number of amides is 3. The second kappa shape index (κ2) is 11.3. The number of benzene rings is 4. The van der Waals surface area contributed by atoms with Gasteiger partial charge in [0.15, 0.2) is 6.61 Å². The molecule has 174 valence electrons. The van der Waals surface area contributed by atoms with E-state index in [1.54, 1.807) is 60.7 Å². The Balaban J connectivity index is 1.21. The summed E-state index contributed by atoms with van der Waals surface area (Å²) in [5.74, 6) is -0.701. The first-order valence-electron chi connectivity index (χ1n) is 10.9. The van der Waals surface area contributed by atoms with E-state index in [0.717, 1.165) is 11.1 Å². The van der Waals surface area contributed by atoms with Crippen molar-refractivity contribution in [3.63, 3.8) is 0 Å². The van der Waals surface area contributed by atoms with Gasteiger partial charge in [-0.2, -0.15) is 0 Å². The highest BCUT2D eigenvalue weighted by molar-refractivity contribution is 6.04. The average Bonchev–Trinajstić information content (AvgIpc) is 2.92. The van der Waals surface area contributed by atoms with E-state index >= 15 is 0 Å². The van der Waals surface area contributed by atoms with Gasteiger partial charge in [-0.15, -0.1) is 0 Å². The minimum absolute atomic E-state index is 0.246. The van der Waals surface area contributed by atoms with Crippen LogP contribution in [0.5, 0.6) is 5.75 Å². The number of carbonyl (C=O) groups excluding carboxylic acids is 3. The van der Waals surface area contributed by atoms with Gasteiger partial charge in [0, 0.05) is 16.8 Å². The van der Waals surface area contributed by atoms with Crippen LogP contribution in [0.3, 0.4) is 0 Å². The summed E-state index contributed by atoms with van der Waals surface area (Å²) in [5.41, 5.74) is 8.20. The van der Waals surface area contributed by atoms with Crippen molar-refractivity contribution in [1.82, 2.24) is 10.9 Å². The first-order chi connectivity index (χ1) is 17.1. The zero-order chi connectivity index (χ0) is 24.5. The molecule has 0 aromatic heterocycles. The van der Waals surface area contributed by atoms with Crippen molar-refractivity contribution in [2.45, 2.75) is 0 Å². The Morgan fingerprint density at radius 3 is 1.80 bits per heavy atom. The van der Waals surface area contributed by atoms with E-state index < -0.39 is 11.8 Å². The molecular weight excluding hydrogens is 442 g/mol. The molecule has 0 aliphatic rings. The van der Waals surface area contributed by atoms with E-state index in [1.165, 1.54) is 0 Å². The monoisotopic (exact) mass is 465 g/mol. The van der Waals surface area contributed by atoms with Crippen LogP contribution in [-0.4, -0.2) is 24.3 Å². The van der Waals surface area contributed by atoms with Gasteiger partial charge in [0.05, 0.1) is 0 Å². The van der Waals surface area contributed by atoms with Crippen LogP contribution in [0, 0.1) is 0 Å². The molecule has 0 aliphatic heterocycles. The lowest BCUT2D eigenvalue weighted by Crippen LogP contribution is -2.43. The third kappa shape index (κ3) is 6.55. The highest BCUT2D eigenvalue weighted by atomic mass is 16.5. The van der Waals surface area contributed by atoms with E-state index in [9.17, 15) is 14.4 Å². The summed E-state index contributed by atoms with van der Waals surface area (Å²) < 4.78 is 5.48. The van der Waals surface area contributed by atoms with Gasteiger partial charge in [-0.25, -0.2) is 0 Å². The smallest absolute Gasteiger partial charge is 0.276 e. The molecule has 0 unspecified atom stereocenters. The summed E-state index contributed by atoms with van der Waals surface area (Å²) in [6, 6.07) is 32.5. The topological polar surface area (TPSA) is 96.5 Å². The van der Waals surface area contributed by atoms with E-state index in [4.69, 9.17) is 4.74 Å². The molecule has 0 bridgehead atoms. The fourth-order valence-electron chi connectivity index (χ4n) is 3.26. The predicted molar refractivity (Wildman–Crippen MR) is 134 cm³/mol. The number of hydrogen-bond donors (Lipinski definition) is 3. The molecule has 4 aromatic carbocycles. The number of anilines is 1. The van der Waals surface area contributed by atoms with Gasteiger partial charge in [0.1, 0.15) is 5.75 Å². The number of carbonyl (C=O) groups is 3. The molecule has 0 spiro atoms. The van der Waals surface area contributed by atoms with Crippen LogP contribution in [-0.2, 0) is 4.79 Å². The molecule has 0 fully saturated rings. The fourth-order valence-corrected chi connectivity index (χ4v) is 3.26. The number of rotatable bonds is 7. The minimum Gasteiger partial charge on any atom is -0.484 e. The van der Waals surface area contributed by atoms with E-state index in [1.807, 2.05) is 48.5 Å². The summed E-state index contributed by atoms with van der Waals surface area (Å²) in [4.78, 5) is 36.6. The molecule has 0 heterocycles. The number of nitrogens with one attached hydrogen (secondary N) is 3. The van der Waals surface area contributed by atoms with Gasteiger partial charge < -0.3 is 10.1 Å². The minimum atomic E-state index is -0.503. The second-order valence-corrected chi connectivity index (χ2v) is 7.58. The first-order valence-corrected chi connectivity index (χ1v) is 10.9. The number of ether oxygens (including phenoxy) is 1. The molecule has 35 heavy (non-hydrogen) atoms. The van der Waals surface area contributed by atoms with Gasteiger partial charge in [-0.05, 0) is 59.7 Å². The lowest BCUT2D eigenvalue weighted by atomic mass is 10.1. The summed E-state index contributed by atoms with van der Waals surface area (Å²) in [6.07, 6.45) is 0. The van der Waals surface area contributed by atoms with Crippen molar-refractivity contribution < 1.29 is 19.1 Å². The number of hydrogen-bond acceptors (Lipinski definition) is 4. The second-order valence-electron chi connectivity index (χ2n) is 7.58. The number of hydrazine groups is 1. The van der Waals surface area contributed by atoms with Crippen molar-refractivity contribution in [3.8, 4) is 16.9 Å². The Kier molecular flexibility index (Phi) is 7.50. The molecule has 0 atom stereocenters.